The number of carbonyl (C=O) groups is 2. The number of rotatable bonds is 3. The number of alkyl halides is 3. The molecule has 0 atom stereocenters. The number of halogens is 3. The maximum absolute atomic E-state index is 12.8. The predicted octanol–water partition coefficient (Wildman–Crippen LogP) is 1.01. The highest BCUT2D eigenvalue weighted by Crippen LogP contribution is 2.37. The van der Waals surface area contributed by atoms with Crippen LogP contribution in [0.2, 0.25) is 0 Å². The van der Waals surface area contributed by atoms with Gasteiger partial charge in [0.25, 0.3) is 0 Å². The van der Waals surface area contributed by atoms with Crippen molar-refractivity contribution in [3.63, 3.8) is 0 Å². The molecule has 0 saturated heterocycles. The average molecular weight is 326 g/mol. The van der Waals surface area contributed by atoms with Gasteiger partial charge in [0.15, 0.2) is 0 Å². The molecule has 0 aromatic heterocycles. The number of carboxylic acids is 1. The molecule has 0 bridgehead atoms. The summed E-state index contributed by atoms with van der Waals surface area (Å²) in [6.45, 7) is 0.951. The number of nitrogens with one attached hydrogen (secondary N) is 1. The summed E-state index contributed by atoms with van der Waals surface area (Å²) in [4.78, 5) is 20.5. The number of carboxylic acid groups (broad SMARTS) is 1. The van der Waals surface area contributed by atoms with Crippen molar-refractivity contribution in [3.8, 4) is 0 Å². The molecule has 0 fully saturated rings. The van der Waals surface area contributed by atoms with Gasteiger partial charge in [-0.2, -0.15) is 13.2 Å². The molecule has 0 radical (unpaired) electrons. The summed E-state index contributed by atoms with van der Waals surface area (Å²) in [7, 11) is -4.81. The van der Waals surface area contributed by atoms with E-state index in [0.29, 0.717) is 0 Å². The van der Waals surface area contributed by atoms with Crippen molar-refractivity contribution < 1.29 is 36.3 Å². The van der Waals surface area contributed by atoms with Crippen molar-refractivity contribution in [1.29, 1.82) is 0 Å². The first-order chi connectivity index (χ1) is 9.34. The summed E-state index contributed by atoms with van der Waals surface area (Å²) in [6, 6.07) is 0.469. The number of sulfonamides is 1. The lowest BCUT2D eigenvalue weighted by Gasteiger charge is -2.15. The van der Waals surface area contributed by atoms with E-state index >= 15 is 0 Å². The van der Waals surface area contributed by atoms with Crippen LogP contribution in [-0.2, 0) is 21.0 Å². The number of benzene rings is 1. The molecule has 0 saturated carbocycles. The van der Waals surface area contributed by atoms with Crippen LogP contribution in [0.1, 0.15) is 22.8 Å². The Labute approximate surface area is 116 Å². The van der Waals surface area contributed by atoms with Crippen LogP contribution in [0, 0.1) is 0 Å². The molecule has 0 aliphatic heterocycles. The molecule has 0 aliphatic rings. The summed E-state index contributed by atoms with van der Waals surface area (Å²) in [5, 5.41) is 15.5. The molecule has 1 aromatic carbocycles. The molecular formula is C10H9F3N2O5S. The van der Waals surface area contributed by atoms with E-state index in [2.05, 4.69) is 5.14 Å². The molecule has 0 unspecified atom stereocenters. The molecule has 4 N–H and O–H groups in total. The lowest BCUT2D eigenvalue weighted by Crippen LogP contribution is -2.21. The van der Waals surface area contributed by atoms with Crippen molar-refractivity contribution in [3.05, 3.63) is 23.3 Å². The van der Waals surface area contributed by atoms with Crippen LogP contribution in [0.4, 0.5) is 18.9 Å². The Balaban J connectivity index is 3.79. The predicted molar refractivity (Wildman–Crippen MR) is 64.1 cm³/mol. The van der Waals surface area contributed by atoms with Crippen LogP contribution in [-0.4, -0.2) is 25.4 Å². The molecule has 0 heterocycles. The molecule has 0 spiro atoms. The third-order valence-electron chi connectivity index (χ3n) is 2.27. The molecular weight excluding hydrogens is 317 g/mol. The number of aromatic carboxylic acids is 1. The molecule has 11 heteroatoms. The number of hydrogen-bond donors (Lipinski definition) is 3. The standard InChI is InChI=1S/C10H9F3N2O5S/c1-4(16)15-7-3-6(10(11,12)13)8(21(14,19)20)2-5(7)9(17)18/h2-3H,1H3,(H,15,16)(H,17,18)(H2,14,19,20). The van der Waals surface area contributed by atoms with Crippen LogP contribution >= 0.6 is 0 Å². The summed E-state index contributed by atoms with van der Waals surface area (Å²) in [5.74, 6) is -2.55. The third kappa shape index (κ3) is 3.92. The van der Waals surface area contributed by atoms with Crippen LogP contribution in [0.15, 0.2) is 17.0 Å². The van der Waals surface area contributed by atoms with Crippen molar-refractivity contribution >= 4 is 27.6 Å². The number of hydrogen-bond acceptors (Lipinski definition) is 4. The van der Waals surface area contributed by atoms with Gasteiger partial charge in [0.2, 0.25) is 15.9 Å². The fourth-order valence-electron chi connectivity index (χ4n) is 1.51. The number of primary sulfonamides is 1. The van der Waals surface area contributed by atoms with Crippen LogP contribution < -0.4 is 10.5 Å². The van der Waals surface area contributed by atoms with Crippen molar-refractivity contribution in [1.82, 2.24) is 0 Å². The first kappa shape index (κ1) is 16.9. The van der Waals surface area contributed by atoms with E-state index in [1.54, 1.807) is 0 Å². The highest BCUT2D eigenvalue weighted by molar-refractivity contribution is 7.89. The second-order valence-corrected chi connectivity index (χ2v) is 5.45. The monoisotopic (exact) mass is 326 g/mol. The normalized spacial score (nSPS) is 12.0. The van der Waals surface area contributed by atoms with Gasteiger partial charge in [0.05, 0.1) is 21.7 Å². The molecule has 1 rings (SSSR count). The maximum Gasteiger partial charge on any atom is 0.417 e. The van der Waals surface area contributed by atoms with E-state index in [0.717, 1.165) is 6.92 Å². The molecule has 21 heavy (non-hydrogen) atoms. The van der Waals surface area contributed by atoms with Gasteiger partial charge in [-0.1, -0.05) is 0 Å². The van der Waals surface area contributed by atoms with Gasteiger partial charge in [-0.05, 0) is 12.1 Å². The molecule has 1 aromatic rings. The van der Waals surface area contributed by atoms with Crippen molar-refractivity contribution in [2.75, 3.05) is 5.32 Å². The van der Waals surface area contributed by atoms with Gasteiger partial charge in [-0.15, -0.1) is 0 Å². The fraction of sp³-hybridized carbons (Fsp3) is 0.200. The van der Waals surface area contributed by atoms with Crippen LogP contribution in [0.25, 0.3) is 0 Å². The third-order valence-corrected chi connectivity index (χ3v) is 3.22. The fourth-order valence-corrected chi connectivity index (χ4v) is 2.27. The van der Waals surface area contributed by atoms with Gasteiger partial charge in [-0.3, -0.25) is 4.79 Å². The lowest BCUT2D eigenvalue weighted by molar-refractivity contribution is -0.139. The summed E-state index contributed by atoms with van der Waals surface area (Å²) < 4.78 is 61.0. The first-order valence-electron chi connectivity index (χ1n) is 5.13. The van der Waals surface area contributed by atoms with Crippen LogP contribution in [0.3, 0.4) is 0 Å². The molecule has 0 aliphatic carbocycles. The average Bonchev–Trinajstić information content (AvgIpc) is 2.24. The number of amides is 1. The first-order valence-corrected chi connectivity index (χ1v) is 6.67. The van der Waals surface area contributed by atoms with Gasteiger partial charge in [-0.25, -0.2) is 18.4 Å². The van der Waals surface area contributed by atoms with Gasteiger partial charge in [0, 0.05) is 6.92 Å². The Hall–Kier alpha value is -2.14. The maximum atomic E-state index is 12.8. The second-order valence-electron chi connectivity index (χ2n) is 3.92. The lowest BCUT2D eigenvalue weighted by atomic mass is 10.1. The minimum atomic E-state index is -5.11. The van der Waals surface area contributed by atoms with E-state index in [9.17, 15) is 31.2 Å². The van der Waals surface area contributed by atoms with E-state index in [4.69, 9.17) is 5.11 Å². The number of nitrogens with two attached hydrogens (primary N) is 1. The number of carbonyl (C=O) groups excluding carboxylic acids is 1. The molecule has 116 valence electrons. The Bertz CT molecular complexity index is 712. The summed E-state index contributed by atoms with van der Waals surface area (Å²) in [5.41, 5.74) is -3.18. The van der Waals surface area contributed by atoms with E-state index in [1.807, 2.05) is 5.32 Å². The quantitative estimate of drug-likeness (QED) is 0.764. The summed E-state index contributed by atoms with van der Waals surface area (Å²) in [6.07, 6.45) is -5.11. The highest BCUT2D eigenvalue weighted by atomic mass is 32.2. The highest BCUT2D eigenvalue weighted by Gasteiger charge is 2.38. The van der Waals surface area contributed by atoms with E-state index < -0.39 is 49.8 Å². The van der Waals surface area contributed by atoms with Crippen molar-refractivity contribution in [2.24, 2.45) is 5.14 Å². The largest absolute Gasteiger partial charge is 0.478 e. The van der Waals surface area contributed by atoms with Gasteiger partial charge >= 0.3 is 12.1 Å². The zero-order chi connectivity index (χ0) is 16.6. The SMILES string of the molecule is CC(=O)Nc1cc(C(F)(F)F)c(S(N)(=O)=O)cc1C(=O)O. The van der Waals surface area contributed by atoms with Crippen LogP contribution in [0.5, 0.6) is 0 Å². The smallest absolute Gasteiger partial charge is 0.417 e. The number of anilines is 1. The summed E-state index contributed by atoms with van der Waals surface area (Å²) >= 11 is 0. The Morgan fingerprint density at radius 2 is 1.81 bits per heavy atom. The molecule has 1 amide bonds. The second kappa shape index (κ2) is 5.33. The molecule has 7 nitrogen and oxygen atoms in total. The Morgan fingerprint density at radius 3 is 2.14 bits per heavy atom. The van der Waals surface area contributed by atoms with E-state index in [-0.39, 0.29) is 12.1 Å². The van der Waals surface area contributed by atoms with Gasteiger partial charge in [0.1, 0.15) is 0 Å². The minimum Gasteiger partial charge on any atom is -0.478 e. The van der Waals surface area contributed by atoms with Crippen molar-refractivity contribution in [2.45, 2.75) is 18.0 Å². The zero-order valence-corrected chi connectivity index (χ0v) is 11.2. The topological polar surface area (TPSA) is 127 Å². The zero-order valence-electron chi connectivity index (χ0n) is 10.4. The minimum absolute atomic E-state index is 0.213. The Morgan fingerprint density at radius 1 is 1.29 bits per heavy atom. The van der Waals surface area contributed by atoms with E-state index in [1.165, 1.54) is 0 Å². The van der Waals surface area contributed by atoms with Gasteiger partial charge < -0.3 is 10.4 Å². The Kier molecular flexibility index (Phi) is 4.29.